The lowest BCUT2D eigenvalue weighted by atomic mass is 10.1. The Morgan fingerprint density at radius 3 is 2.72 bits per heavy atom. The first kappa shape index (κ1) is 21.8. The highest BCUT2D eigenvalue weighted by atomic mass is 32.1. The van der Waals surface area contributed by atoms with Crippen LogP contribution in [-0.2, 0) is 0 Å². The Balaban J connectivity index is 1.49. The molecule has 8 heteroatoms. The molecule has 1 fully saturated rings. The minimum atomic E-state index is -0.280. The van der Waals surface area contributed by atoms with Gasteiger partial charge in [0.1, 0.15) is 23.5 Å². The van der Waals surface area contributed by atoms with Crippen molar-refractivity contribution in [3.05, 3.63) is 59.9 Å². The summed E-state index contributed by atoms with van der Waals surface area (Å²) < 4.78 is 18.7. The van der Waals surface area contributed by atoms with Crippen molar-refractivity contribution in [1.29, 1.82) is 5.26 Å². The van der Waals surface area contributed by atoms with E-state index in [1.807, 2.05) is 31.2 Å². The van der Waals surface area contributed by atoms with Crippen molar-refractivity contribution in [2.45, 2.75) is 13.3 Å². The molecule has 4 rings (SSSR count). The van der Waals surface area contributed by atoms with E-state index in [2.05, 4.69) is 21.2 Å². The number of pyridine rings is 1. The second-order valence-electron chi connectivity index (χ2n) is 7.52. The van der Waals surface area contributed by atoms with Crippen LogP contribution in [0.1, 0.15) is 18.9 Å². The second kappa shape index (κ2) is 9.79. The highest BCUT2D eigenvalue weighted by Crippen LogP contribution is 2.27. The predicted molar refractivity (Wildman–Crippen MR) is 129 cm³/mol. The summed E-state index contributed by atoms with van der Waals surface area (Å²) in [6.45, 7) is 5.48. The van der Waals surface area contributed by atoms with E-state index in [0.717, 1.165) is 41.9 Å². The van der Waals surface area contributed by atoms with Gasteiger partial charge in [0.2, 0.25) is 0 Å². The van der Waals surface area contributed by atoms with E-state index >= 15 is 0 Å². The fourth-order valence-electron chi connectivity index (χ4n) is 3.79. The Hall–Kier alpha value is -3.44. The summed E-state index contributed by atoms with van der Waals surface area (Å²) in [7, 11) is 0. The molecule has 6 nitrogen and oxygen atoms in total. The number of rotatable bonds is 4. The summed E-state index contributed by atoms with van der Waals surface area (Å²) in [6.07, 6.45) is 0.874. The number of nitrogens with zero attached hydrogens (tertiary/aromatic N) is 4. The molecule has 0 atom stereocenters. The minimum absolute atomic E-state index is 0.280. The van der Waals surface area contributed by atoms with Gasteiger partial charge < -0.3 is 19.9 Å². The molecule has 0 saturated carbocycles. The van der Waals surface area contributed by atoms with Gasteiger partial charge in [-0.2, -0.15) is 5.26 Å². The molecule has 164 valence electrons. The van der Waals surface area contributed by atoms with Gasteiger partial charge in [-0.05, 0) is 74.1 Å². The maximum Gasteiger partial charge on any atom is 0.173 e. The van der Waals surface area contributed by atoms with E-state index in [0.29, 0.717) is 36.2 Å². The van der Waals surface area contributed by atoms with E-state index in [1.165, 1.54) is 12.1 Å². The Bertz CT molecular complexity index is 1160. The SMILES string of the molecule is CCOc1ccc2nc(N3CCCN(C(=S)Nc4ccc(F)cc4)CC3)c(C#N)cc2c1. The van der Waals surface area contributed by atoms with Gasteiger partial charge in [-0.1, -0.05) is 0 Å². The van der Waals surface area contributed by atoms with Crippen LogP contribution < -0.4 is 15.0 Å². The molecular formula is C24H24FN5OS. The van der Waals surface area contributed by atoms with Crippen LogP contribution in [-0.4, -0.2) is 47.8 Å². The van der Waals surface area contributed by atoms with Crippen molar-refractivity contribution in [2.75, 3.05) is 43.0 Å². The molecule has 0 unspecified atom stereocenters. The summed E-state index contributed by atoms with van der Waals surface area (Å²) in [5.74, 6) is 1.19. The molecule has 1 N–H and O–H groups in total. The Labute approximate surface area is 192 Å². The second-order valence-corrected chi connectivity index (χ2v) is 7.91. The normalized spacial score (nSPS) is 14.0. The highest BCUT2D eigenvalue weighted by molar-refractivity contribution is 7.80. The van der Waals surface area contributed by atoms with Crippen molar-refractivity contribution < 1.29 is 9.13 Å². The number of anilines is 2. The van der Waals surface area contributed by atoms with Gasteiger partial charge in [-0.25, -0.2) is 9.37 Å². The largest absolute Gasteiger partial charge is 0.494 e. The van der Waals surface area contributed by atoms with Gasteiger partial charge in [0.15, 0.2) is 5.11 Å². The van der Waals surface area contributed by atoms with E-state index in [-0.39, 0.29) is 5.82 Å². The maximum atomic E-state index is 13.1. The quantitative estimate of drug-likeness (QED) is 0.586. The van der Waals surface area contributed by atoms with Gasteiger partial charge in [-0.15, -0.1) is 0 Å². The van der Waals surface area contributed by atoms with E-state index in [1.54, 1.807) is 12.1 Å². The first-order chi connectivity index (χ1) is 15.6. The molecule has 1 aliphatic heterocycles. The molecular weight excluding hydrogens is 425 g/mol. The molecule has 0 radical (unpaired) electrons. The van der Waals surface area contributed by atoms with Gasteiger partial charge in [0.05, 0.1) is 17.7 Å². The average molecular weight is 450 g/mol. The number of nitriles is 1. The Morgan fingerprint density at radius 2 is 1.97 bits per heavy atom. The van der Waals surface area contributed by atoms with Crippen LogP contribution in [0, 0.1) is 17.1 Å². The summed E-state index contributed by atoms with van der Waals surface area (Å²) >= 11 is 5.57. The van der Waals surface area contributed by atoms with Gasteiger partial charge in [0, 0.05) is 37.3 Å². The van der Waals surface area contributed by atoms with Crippen molar-refractivity contribution in [2.24, 2.45) is 0 Å². The molecule has 32 heavy (non-hydrogen) atoms. The molecule has 0 amide bonds. The first-order valence-corrected chi connectivity index (χ1v) is 11.0. The summed E-state index contributed by atoms with van der Waals surface area (Å²) in [6, 6.07) is 16.1. The van der Waals surface area contributed by atoms with Gasteiger partial charge >= 0.3 is 0 Å². The number of fused-ring (bicyclic) bond motifs is 1. The van der Waals surface area contributed by atoms with Crippen LogP contribution in [0.5, 0.6) is 5.75 Å². The third-order valence-electron chi connectivity index (χ3n) is 5.38. The molecule has 0 spiro atoms. The van der Waals surface area contributed by atoms with Crippen LogP contribution >= 0.6 is 12.2 Å². The van der Waals surface area contributed by atoms with E-state index in [4.69, 9.17) is 21.9 Å². The number of thiocarbonyl (C=S) groups is 1. The van der Waals surface area contributed by atoms with Crippen molar-refractivity contribution in [3.8, 4) is 11.8 Å². The fourth-order valence-corrected chi connectivity index (χ4v) is 4.09. The number of hydrogen-bond acceptors (Lipinski definition) is 5. The number of halogens is 1. The molecule has 2 heterocycles. The maximum absolute atomic E-state index is 13.1. The Morgan fingerprint density at radius 1 is 1.16 bits per heavy atom. The zero-order valence-corrected chi connectivity index (χ0v) is 18.7. The lowest BCUT2D eigenvalue weighted by molar-refractivity contribution is 0.340. The summed E-state index contributed by atoms with van der Waals surface area (Å²) in [4.78, 5) is 9.05. The zero-order chi connectivity index (χ0) is 22.5. The highest BCUT2D eigenvalue weighted by Gasteiger charge is 2.21. The van der Waals surface area contributed by atoms with Crippen LogP contribution in [0.3, 0.4) is 0 Å². The number of aromatic nitrogens is 1. The molecule has 2 aromatic carbocycles. The van der Waals surface area contributed by atoms with Crippen LogP contribution in [0.25, 0.3) is 10.9 Å². The van der Waals surface area contributed by atoms with Crippen molar-refractivity contribution in [3.63, 3.8) is 0 Å². The average Bonchev–Trinajstić information content (AvgIpc) is 3.06. The summed E-state index contributed by atoms with van der Waals surface area (Å²) in [5.41, 5.74) is 2.13. The standard InChI is InChI=1S/C24H24FN5OS/c1-2-31-21-8-9-22-17(15-21)14-18(16-26)23(28-22)29-10-3-11-30(13-12-29)24(32)27-20-6-4-19(25)5-7-20/h4-9,14-15H,2-3,10-13H2,1H3,(H,27,32). The fraction of sp³-hybridized carbons (Fsp3) is 0.292. The van der Waals surface area contributed by atoms with Gasteiger partial charge in [0.25, 0.3) is 0 Å². The van der Waals surface area contributed by atoms with Gasteiger partial charge in [-0.3, -0.25) is 0 Å². The molecule has 3 aromatic rings. The molecule has 1 aliphatic rings. The number of benzene rings is 2. The van der Waals surface area contributed by atoms with Crippen molar-refractivity contribution >= 4 is 39.7 Å². The lowest BCUT2D eigenvalue weighted by Gasteiger charge is -2.25. The molecule has 1 saturated heterocycles. The minimum Gasteiger partial charge on any atom is -0.494 e. The third-order valence-corrected chi connectivity index (χ3v) is 5.74. The van der Waals surface area contributed by atoms with Crippen LogP contribution in [0.15, 0.2) is 48.5 Å². The lowest BCUT2D eigenvalue weighted by Crippen LogP contribution is -2.38. The van der Waals surface area contributed by atoms with Crippen LogP contribution in [0.4, 0.5) is 15.9 Å². The molecule has 0 aliphatic carbocycles. The summed E-state index contributed by atoms with van der Waals surface area (Å²) in [5, 5.41) is 14.4. The van der Waals surface area contributed by atoms with E-state index in [9.17, 15) is 9.65 Å². The van der Waals surface area contributed by atoms with Crippen LogP contribution in [0.2, 0.25) is 0 Å². The topological polar surface area (TPSA) is 64.4 Å². The molecule has 0 bridgehead atoms. The monoisotopic (exact) mass is 449 g/mol. The van der Waals surface area contributed by atoms with Crippen molar-refractivity contribution in [1.82, 2.24) is 9.88 Å². The molecule has 1 aromatic heterocycles. The smallest absolute Gasteiger partial charge is 0.173 e. The third kappa shape index (κ3) is 4.89. The first-order valence-electron chi connectivity index (χ1n) is 10.6. The van der Waals surface area contributed by atoms with E-state index < -0.39 is 0 Å². The zero-order valence-electron chi connectivity index (χ0n) is 17.8. The number of ether oxygens (including phenoxy) is 1. The number of hydrogen-bond donors (Lipinski definition) is 1. The number of nitrogens with one attached hydrogen (secondary N) is 1. The Kier molecular flexibility index (Phi) is 6.66. The predicted octanol–water partition coefficient (Wildman–Crippen LogP) is 4.55.